The fraction of sp³-hybridized carbons (Fsp3) is 0.250. The first-order chi connectivity index (χ1) is 9.99. The van der Waals surface area contributed by atoms with Crippen molar-refractivity contribution in [3.8, 4) is 5.75 Å². The molecule has 0 aromatic heterocycles. The summed E-state index contributed by atoms with van der Waals surface area (Å²) >= 11 is 5.12. The van der Waals surface area contributed by atoms with Crippen molar-refractivity contribution in [2.24, 2.45) is 5.10 Å². The Balaban J connectivity index is 2.25. The SMILES string of the molecule is C/C(=N\NC(=S)NC(C)C)c1ccc2ccccc2c1O. The highest BCUT2D eigenvalue weighted by atomic mass is 32.1. The molecule has 5 heteroatoms. The van der Waals surface area contributed by atoms with E-state index in [4.69, 9.17) is 12.2 Å². The fourth-order valence-corrected chi connectivity index (χ4v) is 2.32. The number of nitrogens with zero attached hydrogens (tertiary/aromatic N) is 1. The molecule has 0 spiro atoms. The van der Waals surface area contributed by atoms with Crippen LogP contribution in [-0.4, -0.2) is 22.0 Å². The molecule has 110 valence electrons. The van der Waals surface area contributed by atoms with E-state index in [0.29, 0.717) is 16.4 Å². The van der Waals surface area contributed by atoms with E-state index in [1.165, 1.54) is 0 Å². The third-order valence-corrected chi connectivity index (χ3v) is 3.24. The van der Waals surface area contributed by atoms with Crippen molar-refractivity contribution < 1.29 is 5.11 Å². The van der Waals surface area contributed by atoms with Crippen molar-refractivity contribution in [3.05, 3.63) is 42.0 Å². The topological polar surface area (TPSA) is 56.7 Å². The highest BCUT2D eigenvalue weighted by Gasteiger charge is 2.09. The standard InChI is InChI=1S/C16H19N3OS/c1-10(2)17-16(21)19-18-11(3)13-9-8-12-6-4-5-7-14(12)15(13)20/h4-10,20H,1-3H3,(H2,17,19,21)/b18-11+. The van der Waals surface area contributed by atoms with Gasteiger partial charge < -0.3 is 10.4 Å². The second-order valence-electron chi connectivity index (χ2n) is 5.12. The van der Waals surface area contributed by atoms with Crippen molar-refractivity contribution in [3.63, 3.8) is 0 Å². The lowest BCUT2D eigenvalue weighted by molar-refractivity contribution is 0.480. The normalized spacial score (nSPS) is 11.7. The average molecular weight is 301 g/mol. The number of rotatable bonds is 3. The van der Waals surface area contributed by atoms with Gasteiger partial charge in [0.05, 0.1) is 5.71 Å². The molecule has 0 aliphatic carbocycles. The summed E-state index contributed by atoms with van der Waals surface area (Å²) in [5.74, 6) is 0.235. The number of thiocarbonyl (C=S) groups is 1. The molecule has 2 aromatic carbocycles. The van der Waals surface area contributed by atoms with Crippen molar-refractivity contribution in [1.82, 2.24) is 10.7 Å². The zero-order valence-corrected chi connectivity index (χ0v) is 13.2. The summed E-state index contributed by atoms with van der Waals surface area (Å²) in [4.78, 5) is 0. The highest BCUT2D eigenvalue weighted by molar-refractivity contribution is 7.80. The minimum Gasteiger partial charge on any atom is -0.507 e. The number of aromatic hydroxyl groups is 1. The van der Waals surface area contributed by atoms with Gasteiger partial charge in [0.15, 0.2) is 5.11 Å². The molecule has 0 aliphatic heterocycles. The van der Waals surface area contributed by atoms with Gasteiger partial charge in [-0.1, -0.05) is 30.3 Å². The Hall–Kier alpha value is -2.14. The summed E-state index contributed by atoms with van der Waals surface area (Å²) in [5.41, 5.74) is 4.15. The third-order valence-electron chi connectivity index (χ3n) is 3.04. The van der Waals surface area contributed by atoms with Crippen LogP contribution in [0.2, 0.25) is 0 Å². The summed E-state index contributed by atoms with van der Waals surface area (Å²) in [6, 6.07) is 11.8. The molecule has 0 saturated carbocycles. The maximum absolute atomic E-state index is 10.4. The summed E-state index contributed by atoms with van der Waals surface area (Å²) in [5, 5.41) is 19.9. The fourth-order valence-electron chi connectivity index (χ4n) is 2.04. The largest absolute Gasteiger partial charge is 0.507 e. The lowest BCUT2D eigenvalue weighted by atomic mass is 10.0. The maximum atomic E-state index is 10.4. The summed E-state index contributed by atoms with van der Waals surface area (Å²) in [6.07, 6.45) is 0. The van der Waals surface area contributed by atoms with E-state index in [-0.39, 0.29) is 11.8 Å². The molecule has 0 saturated heterocycles. The molecule has 2 rings (SSSR count). The zero-order chi connectivity index (χ0) is 15.4. The van der Waals surface area contributed by atoms with Gasteiger partial charge in [0.1, 0.15) is 5.75 Å². The van der Waals surface area contributed by atoms with Gasteiger partial charge in [-0.3, -0.25) is 5.43 Å². The number of hydrazone groups is 1. The third kappa shape index (κ3) is 3.70. The number of phenolic OH excluding ortho intramolecular Hbond substituents is 1. The summed E-state index contributed by atoms with van der Waals surface area (Å²) < 4.78 is 0. The smallest absolute Gasteiger partial charge is 0.187 e. The van der Waals surface area contributed by atoms with Crippen LogP contribution in [0, 0.1) is 0 Å². The summed E-state index contributed by atoms with van der Waals surface area (Å²) in [6.45, 7) is 5.83. The van der Waals surface area contributed by atoms with Crippen molar-refractivity contribution in [2.45, 2.75) is 26.8 Å². The highest BCUT2D eigenvalue weighted by Crippen LogP contribution is 2.28. The van der Waals surface area contributed by atoms with Gasteiger partial charge in [-0.05, 0) is 44.4 Å². The van der Waals surface area contributed by atoms with Crippen LogP contribution >= 0.6 is 12.2 Å². The number of hydrogen-bond acceptors (Lipinski definition) is 3. The Bertz CT molecular complexity index is 695. The molecule has 21 heavy (non-hydrogen) atoms. The van der Waals surface area contributed by atoms with Gasteiger partial charge >= 0.3 is 0 Å². The first-order valence-electron chi connectivity index (χ1n) is 6.81. The Labute approximate surface area is 129 Å². The van der Waals surface area contributed by atoms with Crippen LogP contribution in [0.25, 0.3) is 10.8 Å². The predicted molar refractivity (Wildman–Crippen MR) is 91.8 cm³/mol. The molecule has 3 N–H and O–H groups in total. The van der Waals surface area contributed by atoms with Gasteiger partial charge in [-0.15, -0.1) is 0 Å². The predicted octanol–water partition coefficient (Wildman–Crippen LogP) is 3.14. The van der Waals surface area contributed by atoms with Crippen LogP contribution in [0.15, 0.2) is 41.5 Å². The summed E-state index contributed by atoms with van der Waals surface area (Å²) in [7, 11) is 0. The van der Waals surface area contributed by atoms with Crippen molar-refractivity contribution >= 4 is 33.8 Å². The monoisotopic (exact) mass is 301 g/mol. The van der Waals surface area contributed by atoms with Crippen molar-refractivity contribution in [1.29, 1.82) is 0 Å². The molecule has 0 unspecified atom stereocenters. The van der Waals surface area contributed by atoms with Crippen LogP contribution in [0.3, 0.4) is 0 Å². The number of nitrogens with one attached hydrogen (secondary N) is 2. The van der Waals surface area contributed by atoms with Crippen LogP contribution in [0.4, 0.5) is 0 Å². The molecule has 0 radical (unpaired) electrons. The molecular weight excluding hydrogens is 282 g/mol. The minimum atomic E-state index is 0.235. The van der Waals surface area contributed by atoms with Crippen LogP contribution in [0.5, 0.6) is 5.75 Å². The van der Waals surface area contributed by atoms with E-state index in [2.05, 4.69) is 15.8 Å². The van der Waals surface area contributed by atoms with Gasteiger partial charge in [0, 0.05) is 17.0 Å². The Morgan fingerprint density at radius 3 is 2.62 bits per heavy atom. The molecule has 4 nitrogen and oxygen atoms in total. The minimum absolute atomic E-state index is 0.235. The lowest BCUT2D eigenvalue weighted by Crippen LogP contribution is -2.37. The van der Waals surface area contributed by atoms with Crippen LogP contribution < -0.4 is 10.7 Å². The van der Waals surface area contributed by atoms with Gasteiger partial charge in [0.2, 0.25) is 0 Å². The van der Waals surface area contributed by atoms with Crippen LogP contribution in [-0.2, 0) is 0 Å². The maximum Gasteiger partial charge on any atom is 0.187 e. The molecule has 0 fully saturated rings. The molecule has 0 aliphatic rings. The van der Waals surface area contributed by atoms with E-state index in [1.807, 2.05) is 57.2 Å². The Morgan fingerprint density at radius 2 is 1.90 bits per heavy atom. The first kappa shape index (κ1) is 15.3. The number of hydrogen-bond donors (Lipinski definition) is 3. The van der Waals surface area contributed by atoms with Gasteiger partial charge in [-0.25, -0.2) is 0 Å². The van der Waals surface area contributed by atoms with Crippen LogP contribution in [0.1, 0.15) is 26.3 Å². The van der Waals surface area contributed by atoms with E-state index >= 15 is 0 Å². The average Bonchev–Trinajstić information content (AvgIpc) is 2.45. The van der Waals surface area contributed by atoms with Gasteiger partial charge in [-0.2, -0.15) is 5.10 Å². The number of benzene rings is 2. The Kier molecular flexibility index (Phi) is 4.75. The number of phenols is 1. The second kappa shape index (κ2) is 6.54. The zero-order valence-electron chi connectivity index (χ0n) is 12.3. The van der Waals surface area contributed by atoms with E-state index < -0.39 is 0 Å². The molecule has 0 heterocycles. The van der Waals surface area contributed by atoms with Gasteiger partial charge in [0.25, 0.3) is 0 Å². The number of fused-ring (bicyclic) bond motifs is 1. The Morgan fingerprint density at radius 1 is 1.19 bits per heavy atom. The van der Waals surface area contributed by atoms with E-state index in [1.54, 1.807) is 0 Å². The first-order valence-corrected chi connectivity index (χ1v) is 7.21. The van der Waals surface area contributed by atoms with E-state index in [9.17, 15) is 5.11 Å². The molecule has 0 amide bonds. The molecule has 0 bridgehead atoms. The quantitative estimate of drug-likeness (QED) is 0.463. The molecule has 2 aromatic rings. The lowest BCUT2D eigenvalue weighted by Gasteiger charge is -2.11. The van der Waals surface area contributed by atoms with Crippen molar-refractivity contribution in [2.75, 3.05) is 0 Å². The molecular formula is C16H19N3OS. The second-order valence-corrected chi connectivity index (χ2v) is 5.53. The van der Waals surface area contributed by atoms with E-state index in [0.717, 1.165) is 10.8 Å². The molecule has 0 atom stereocenters.